The monoisotopic (exact) mass is 333 g/mol. The smallest absolute Gasteiger partial charge is 0.338 e. The number of esters is 1. The summed E-state index contributed by atoms with van der Waals surface area (Å²) in [4.78, 5) is 20.5. The van der Waals surface area contributed by atoms with Crippen LogP contribution >= 0.6 is 0 Å². The average Bonchev–Trinajstić information content (AvgIpc) is 3.29. The van der Waals surface area contributed by atoms with Gasteiger partial charge in [0.2, 0.25) is 0 Å². The van der Waals surface area contributed by atoms with E-state index in [0.29, 0.717) is 11.3 Å². The van der Waals surface area contributed by atoms with E-state index < -0.39 is 5.97 Å². The van der Waals surface area contributed by atoms with Crippen molar-refractivity contribution in [3.63, 3.8) is 0 Å². The number of pyridine rings is 1. The number of nitrogens with zero attached hydrogens (tertiary/aromatic N) is 5. The highest BCUT2D eigenvalue weighted by Crippen LogP contribution is 2.12. The van der Waals surface area contributed by atoms with E-state index in [-0.39, 0.29) is 6.61 Å². The van der Waals surface area contributed by atoms with Crippen molar-refractivity contribution in [2.24, 2.45) is 0 Å². The van der Waals surface area contributed by atoms with Crippen LogP contribution in [0.5, 0.6) is 0 Å². The molecule has 0 N–H and O–H groups in total. The zero-order chi connectivity index (χ0) is 17.2. The Hall–Kier alpha value is -3.48. The third-order valence-electron chi connectivity index (χ3n) is 3.79. The maximum absolute atomic E-state index is 12.2. The van der Waals surface area contributed by atoms with Crippen LogP contribution in [-0.2, 0) is 11.3 Å². The van der Waals surface area contributed by atoms with Gasteiger partial charge in [-0.1, -0.05) is 6.07 Å². The van der Waals surface area contributed by atoms with E-state index >= 15 is 0 Å². The Bertz CT molecular complexity index is 1020. The lowest BCUT2D eigenvalue weighted by atomic mass is 10.2. The molecule has 3 aromatic heterocycles. The molecule has 3 heterocycles. The van der Waals surface area contributed by atoms with Gasteiger partial charge in [-0.2, -0.15) is 5.10 Å². The number of aryl methyl sites for hydroxylation is 1. The number of imidazole rings is 1. The molecule has 0 aliphatic rings. The molecule has 0 unspecified atom stereocenters. The summed E-state index contributed by atoms with van der Waals surface area (Å²) in [5.74, 6) is -0.390. The SMILES string of the molecule is Cc1ccc2nc(COC(=O)c3ccc(-n4cncn4)cc3)cn2c1. The van der Waals surface area contributed by atoms with Gasteiger partial charge in [-0.05, 0) is 42.8 Å². The van der Waals surface area contributed by atoms with E-state index in [0.717, 1.165) is 16.9 Å². The molecule has 0 aliphatic heterocycles. The fraction of sp³-hybridized carbons (Fsp3) is 0.111. The van der Waals surface area contributed by atoms with Crippen LogP contribution < -0.4 is 0 Å². The maximum atomic E-state index is 12.2. The molecule has 0 spiro atoms. The number of fused-ring (bicyclic) bond motifs is 1. The van der Waals surface area contributed by atoms with E-state index in [1.54, 1.807) is 35.3 Å². The quantitative estimate of drug-likeness (QED) is 0.537. The molecule has 0 saturated carbocycles. The Morgan fingerprint density at radius 2 is 1.96 bits per heavy atom. The molecule has 4 rings (SSSR count). The Balaban J connectivity index is 1.44. The van der Waals surface area contributed by atoms with Crippen molar-refractivity contribution in [1.29, 1.82) is 0 Å². The van der Waals surface area contributed by atoms with Crippen LogP contribution in [0.15, 0.2) is 61.4 Å². The third kappa shape index (κ3) is 3.12. The van der Waals surface area contributed by atoms with Gasteiger partial charge in [-0.3, -0.25) is 0 Å². The molecule has 0 atom stereocenters. The number of hydrogen-bond acceptors (Lipinski definition) is 5. The van der Waals surface area contributed by atoms with Crippen LogP contribution in [0.4, 0.5) is 0 Å². The van der Waals surface area contributed by atoms with Crippen molar-refractivity contribution in [3.8, 4) is 5.69 Å². The van der Waals surface area contributed by atoms with E-state index in [2.05, 4.69) is 15.1 Å². The number of aromatic nitrogens is 5. The Kier molecular flexibility index (Phi) is 3.74. The van der Waals surface area contributed by atoms with Crippen LogP contribution in [0.25, 0.3) is 11.3 Å². The third-order valence-corrected chi connectivity index (χ3v) is 3.79. The summed E-state index contributed by atoms with van der Waals surface area (Å²) < 4.78 is 8.90. The number of rotatable bonds is 4. The van der Waals surface area contributed by atoms with E-state index in [1.807, 2.05) is 35.9 Å². The Morgan fingerprint density at radius 3 is 2.72 bits per heavy atom. The van der Waals surface area contributed by atoms with E-state index in [9.17, 15) is 4.79 Å². The Morgan fingerprint density at radius 1 is 1.12 bits per heavy atom. The first-order valence-electron chi connectivity index (χ1n) is 7.75. The predicted molar refractivity (Wildman–Crippen MR) is 90.4 cm³/mol. The topological polar surface area (TPSA) is 74.3 Å². The first-order valence-corrected chi connectivity index (χ1v) is 7.75. The van der Waals surface area contributed by atoms with Gasteiger partial charge in [0.25, 0.3) is 0 Å². The molecular formula is C18H15N5O2. The van der Waals surface area contributed by atoms with Crippen LogP contribution in [0, 0.1) is 6.92 Å². The predicted octanol–water partition coefficient (Wildman–Crippen LogP) is 2.58. The zero-order valence-electron chi connectivity index (χ0n) is 13.5. The number of benzene rings is 1. The van der Waals surface area contributed by atoms with Crippen molar-refractivity contribution in [2.75, 3.05) is 0 Å². The maximum Gasteiger partial charge on any atom is 0.338 e. The normalized spacial score (nSPS) is 10.9. The van der Waals surface area contributed by atoms with E-state index in [1.165, 1.54) is 6.33 Å². The van der Waals surface area contributed by atoms with Crippen molar-refractivity contribution in [1.82, 2.24) is 24.1 Å². The lowest BCUT2D eigenvalue weighted by Crippen LogP contribution is -2.06. The molecule has 0 radical (unpaired) electrons. The molecule has 7 nitrogen and oxygen atoms in total. The van der Waals surface area contributed by atoms with Gasteiger partial charge in [0, 0.05) is 12.4 Å². The summed E-state index contributed by atoms with van der Waals surface area (Å²) in [7, 11) is 0. The fourth-order valence-electron chi connectivity index (χ4n) is 2.54. The number of carbonyl (C=O) groups excluding carboxylic acids is 1. The summed E-state index contributed by atoms with van der Waals surface area (Å²) in [6.07, 6.45) is 6.90. The molecule has 1 aromatic carbocycles. The molecule has 0 saturated heterocycles. The lowest BCUT2D eigenvalue weighted by molar-refractivity contribution is 0.0468. The molecule has 25 heavy (non-hydrogen) atoms. The first-order chi connectivity index (χ1) is 12.2. The van der Waals surface area contributed by atoms with Crippen LogP contribution in [-0.4, -0.2) is 30.1 Å². The highest BCUT2D eigenvalue weighted by molar-refractivity contribution is 5.89. The second-order valence-electron chi connectivity index (χ2n) is 5.67. The second kappa shape index (κ2) is 6.20. The van der Waals surface area contributed by atoms with Crippen molar-refractivity contribution in [3.05, 3.63) is 78.3 Å². The lowest BCUT2D eigenvalue weighted by Gasteiger charge is -2.04. The molecule has 0 aliphatic carbocycles. The van der Waals surface area contributed by atoms with Gasteiger partial charge in [0.1, 0.15) is 24.9 Å². The van der Waals surface area contributed by atoms with Crippen molar-refractivity contribution in [2.45, 2.75) is 13.5 Å². The molecule has 4 aromatic rings. The highest BCUT2D eigenvalue weighted by Gasteiger charge is 2.10. The van der Waals surface area contributed by atoms with Crippen LogP contribution in [0.1, 0.15) is 21.6 Å². The number of ether oxygens (including phenoxy) is 1. The summed E-state index contributed by atoms with van der Waals surface area (Å²) >= 11 is 0. The summed E-state index contributed by atoms with van der Waals surface area (Å²) in [6.45, 7) is 2.15. The first kappa shape index (κ1) is 15.1. The van der Waals surface area contributed by atoms with E-state index in [4.69, 9.17) is 4.74 Å². The molecule has 7 heteroatoms. The average molecular weight is 333 g/mol. The minimum Gasteiger partial charge on any atom is -0.456 e. The molecule has 0 amide bonds. The van der Waals surface area contributed by atoms with Gasteiger partial charge in [-0.15, -0.1) is 0 Å². The fourth-order valence-corrected chi connectivity index (χ4v) is 2.54. The summed E-state index contributed by atoms with van der Waals surface area (Å²) in [5.41, 5.74) is 3.97. The van der Waals surface area contributed by atoms with Gasteiger partial charge in [0.15, 0.2) is 0 Å². The minimum atomic E-state index is -0.390. The second-order valence-corrected chi connectivity index (χ2v) is 5.67. The van der Waals surface area contributed by atoms with Gasteiger partial charge < -0.3 is 9.14 Å². The number of hydrogen-bond donors (Lipinski definition) is 0. The van der Waals surface area contributed by atoms with Gasteiger partial charge in [0.05, 0.1) is 16.9 Å². The zero-order valence-corrected chi connectivity index (χ0v) is 13.5. The van der Waals surface area contributed by atoms with Crippen LogP contribution in [0.3, 0.4) is 0 Å². The Labute approximate surface area is 143 Å². The largest absolute Gasteiger partial charge is 0.456 e. The minimum absolute atomic E-state index is 0.129. The molecule has 124 valence electrons. The van der Waals surface area contributed by atoms with Crippen molar-refractivity contribution >= 4 is 11.6 Å². The summed E-state index contributed by atoms with van der Waals surface area (Å²) in [5, 5.41) is 4.04. The highest BCUT2D eigenvalue weighted by atomic mass is 16.5. The molecular weight excluding hydrogens is 318 g/mol. The number of carbonyl (C=O) groups is 1. The van der Waals surface area contributed by atoms with Gasteiger partial charge >= 0.3 is 5.97 Å². The molecule has 0 bridgehead atoms. The standard InChI is InChI=1S/C18H15N5O2/c1-13-2-7-17-21-15(9-22(17)8-13)10-25-18(24)14-3-5-16(6-4-14)23-12-19-11-20-23/h2-9,11-12H,10H2,1H3. The summed E-state index contributed by atoms with van der Waals surface area (Å²) in [6, 6.07) is 10.9. The van der Waals surface area contributed by atoms with Crippen LogP contribution in [0.2, 0.25) is 0 Å². The van der Waals surface area contributed by atoms with Crippen molar-refractivity contribution < 1.29 is 9.53 Å². The molecule has 0 fully saturated rings. The van der Waals surface area contributed by atoms with Gasteiger partial charge in [-0.25, -0.2) is 19.4 Å².